The van der Waals surface area contributed by atoms with Gasteiger partial charge in [-0.15, -0.1) is 0 Å². The molecule has 0 aliphatic carbocycles. The van der Waals surface area contributed by atoms with Crippen molar-refractivity contribution in [1.82, 2.24) is 0 Å². The quantitative estimate of drug-likeness (QED) is 0.458. The second kappa shape index (κ2) is 10.6. The van der Waals surface area contributed by atoms with Crippen LogP contribution in [0.1, 0.15) is 0 Å². The molecule has 0 unspecified atom stereocenters. The molecular weight excluding hydrogens is 301 g/mol. The Kier molecular flexibility index (Phi) is 28.1. The van der Waals surface area contributed by atoms with Gasteiger partial charge in [0.1, 0.15) is 0 Å². The van der Waals surface area contributed by atoms with Crippen molar-refractivity contribution in [2.75, 3.05) is 0 Å². The zero-order chi connectivity index (χ0) is 3.58. The SMILES string of the molecule is O=[Si](O)O.[BaH2].[SrH2]. The molecule has 6 heteroatoms. The molecule has 0 spiro atoms. The molecule has 0 atom stereocenters. The standard InChI is InChI=1S/Ba.H2O3Si.Sr.4H/c;1-4(2)3;;;;;/h;1-2H;;;;;. The molecule has 32 valence electrons. The molecule has 6 heavy (non-hydrogen) atoms. The van der Waals surface area contributed by atoms with E-state index in [4.69, 9.17) is 14.1 Å². The van der Waals surface area contributed by atoms with E-state index in [2.05, 4.69) is 0 Å². The molecule has 0 aliphatic rings. The van der Waals surface area contributed by atoms with Crippen LogP contribution in [0.5, 0.6) is 0 Å². The Bertz CT molecular complexity index is 33.8. The molecule has 0 fully saturated rings. The Hall–Kier alpha value is 2.67. The molecule has 0 aromatic heterocycles. The number of rotatable bonds is 0. The van der Waals surface area contributed by atoms with Gasteiger partial charge in [0.2, 0.25) is 0 Å². The first-order valence-corrected chi connectivity index (χ1v) is 1.95. The minimum absolute atomic E-state index is 0. The average molecular weight is 307 g/mol. The van der Waals surface area contributed by atoms with Gasteiger partial charge in [-0.3, -0.25) is 4.46 Å². The van der Waals surface area contributed by atoms with Crippen LogP contribution in [-0.2, 0) is 4.46 Å². The summed E-state index contributed by atoms with van der Waals surface area (Å²) in [5.74, 6) is 0. The average Bonchev–Trinajstić information content (AvgIpc) is 0.811. The zero-order valence-corrected chi connectivity index (χ0v) is 2.80. The fourth-order valence-corrected chi connectivity index (χ4v) is 0. The number of hydrogen-bond acceptors (Lipinski definition) is 1. The van der Waals surface area contributed by atoms with Crippen LogP contribution < -0.4 is 0 Å². The van der Waals surface area contributed by atoms with Crippen molar-refractivity contribution in [2.45, 2.75) is 0 Å². The molecule has 0 saturated heterocycles. The summed E-state index contributed by atoms with van der Waals surface area (Å²) in [7, 11) is -3.13. The summed E-state index contributed by atoms with van der Waals surface area (Å²) in [6.07, 6.45) is 0. The fourth-order valence-electron chi connectivity index (χ4n) is 0. The van der Waals surface area contributed by atoms with E-state index in [1.807, 2.05) is 0 Å². The van der Waals surface area contributed by atoms with Crippen LogP contribution in [0.15, 0.2) is 0 Å². The monoisotopic (exact) mass is 308 g/mol. The summed E-state index contributed by atoms with van der Waals surface area (Å²) in [5, 5.41) is 0. The Morgan fingerprint density at radius 1 is 1.33 bits per heavy atom. The summed E-state index contributed by atoms with van der Waals surface area (Å²) in [4.78, 5) is 14.3. The van der Waals surface area contributed by atoms with Gasteiger partial charge >= 0.3 is 104 Å². The van der Waals surface area contributed by atoms with Crippen LogP contribution in [0.4, 0.5) is 0 Å². The van der Waals surface area contributed by atoms with Crippen LogP contribution >= 0.6 is 0 Å². The van der Waals surface area contributed by atoms with Crippen molar-refractivity contribution in [3.8, 4) is 0 Å². The maximum atomic E-state index is 8.74. The topological polar surface area (TPSA) is 57.5 Å². The number of hydrogen-bond donors (Lipinski definition) is 2. The van der Waals surface area contributed by atoms with Crippen LogP contribution in [0.2, 0.25) is 0 Å². The Labute approximate surface area is 114 Å². The zero-order valence-electron chi connectivity index (χ0n) is 1.80. The molecule has 0 radical (unpaired) electrons. The van der Waals surface area contributed by atoms with Crippen LogP contribution in [0, 0.1) is 0 Å². The molecule has 0 rings (SSSR count). The summed E-state index contributed by atoms with van der Waals surface area (Å²) < 4.78 is 8.74. The predicted molar refractivity (Wildman–Crippen MR) is 28.0 cm³/mol. The summed E-state index contributed by atoms with van der Waals surface area (Å²) in [5.41, 5.74) is 0. The molecule has 0 aliphatic heterocycles. The van der Waals surface area contributed by atoms with Gasteiger partial charge in [-0.1, -0.05) is 0 Å². The van der Waals surface area contributed by atoms with Gasteiger partial charge in [-0.05, 0) is 0 Å². The molecule has 0 aromatic carbocycles. The van der Waals surface area contributed by atoms with E-state index in [0.29, 0.717) is 0 Å². The molecule has 0 aromatic rings. The van der Waals surface area contributed by atoms with Crippen molar-refractivity contribution in [1.29, 1.82) is 0 Å². The van der Waals surface area contributed by atoms with Crippen molar-refractivity contribution in [3.63, 3.8) is 0 Å². The van der Waals surface area contributed by atoms with Crippen LogP contribution in [0.3, 0.4) is 0 Å². The summed E-state index contributed by atoms with van der Waals surface area (Å²) >= 11 is 0. The van der Waals surface area contributed by atoms with Crippen molar-refractivity contribution < 1.29 is 14.1 Å². The fraction of sp³-hybridized carbons (Fsp3) is 0. The summed E-state index contributed by atoms with van der Waals surface area (Å²) in [6, 6.07) is 0. The van der Waals surface area contributed by atoms with E-state index < -0.39 is 9.17 Å². The third kappa shape index (κ3) is 30.1. The van der Waals surface area contributed by atoms with E-state index >= 15 is 0 Å². The molecule has 2 N–H and O–H groups in total. The van der Waals surface area contributed by atoms with E-state index in [1.54, 1.807) is 0 Å². The molecule has 0 heterocycles. The second-order valence-electron chi connectivity index (χ2n) is 0.283. The Morgan fingerprint density at radius 2 is 1.33 bits per heavy atom. The molecule has 0 amide bonds. The van der Waals surface area contributed by atoms with Gasteiger partial charge in [0.25, 0.3) is 0 Å². The maximum absolute atomic E-state index is 8.74. The normalized spacial score (nSPS) is 4.00. The first kappa shape index (κ1) is 15.9. The third-order valence-corrected chi connectivity index (χ3v) is 0. The predicted octanol–water partition coefficient (Wildman–Crippen LogP) is -3.45. The Morgan fingerprint density at radius 3 is 1.33 bits per heavy atom. The van der Waals surface area contributed by atoms with Crippen LogP contribution in [-0.4, -0.2) is 113 Å². The van der Waals surface area contributed by atoms with Gasteiger partial charge in [0.15, 0.2) is 0 Å². The molecule has 0 saturated carbocycles. The minimum atomic E-state index is -3.13. The van der Waals surface area contributed by atoms with Gasteiger partial charge in [-0.25, -0.2) is 0 Å². The first-order valence-electron chi connectivity index (χ1n) is 0.651. The van der Waals surface area contributed by atoms with E-state index in [-0.39, 0.29) is 94.4 Å². The summed E-state index contributed by atoms with van der Waals surface area (Å²) in [6.45, 7) is 0. The third-order valence-electron chi connectivity index (χ3n) is 0. The van der Waals surface area contributed by atoms with E-state index in [1.165, 1.54) is 0 Å². The second-order valence-corrected chi connectivity index (χ2v) is 0.848. The van der Waals surface area contributed by atoms with E-state index in [0.717, 1.165) is 0 Å². The van der Waals surface area contributed by atoms with Gasteiger partial charge in [0.05, 0.1) is 0 Å². The van der Waals surface area contributed by atoms with Gasteiger partial charge < -0.3 is 9.59 Å². The Balaban J connectivity index is -0.0000000450. The first-order chi connectivity index (χ1) is 1.73. The molecular formula is H6BaO3SiSr. The van der Waals surface area contributed by atoms with Gasteiger partial charge in [-0.2, -0.15) is 0 Å². The van der Waals surface area contributed by atoms with Crippen molar-refractivity contribution in [2.24, 2.45) is 0 Å². The van der Waals surface area contributed by atoms with Crippen molar-refractivity contribution >= 4 is 104 Å². The van der Waals surface area contributed by atoms with Crippen molar-refractivity contribution in [3.05, 3.63) is 0 Å². The van der Waals surface area contributed by atoms with Gasteiger partial charge in [0, 0.05) is 0 Å². The van der Waals surface area contributed by atoms with Crippen LogP contribution in [0.25, 0.3) is 0 Å². The van der Waals surface area contributed by atoms with E-state index in [9.17, 15) is 0 Å². The molecule has 0 bridgehead atoms. The molecule has 3 nitrogen and oxygen atoms in total.